The first-order chi connectivity index (χ1) is 32.2. The lowest BCUT2D eigenvalue weighted by molar-refractivity contribution is -0.303. The van der Waals surface area contributed by atoms with Crippen LogP contribution in [0, 0.1) is 0 Å². The largest absolute Gasteiger partial charge is 0.394 e. The number of aliphatic hydroxyl groups is 7. The first-order valence-corrected chi connectivity index (χ1v) is 28.4. The average molecular weight is 944 g/mol. The Balaban J connectivity index is 2.22. The molecule has 66 heavy (non-hydrogen) atoms. The van der Waals surface area contributed by atoms with Crippen LogP contribution in [0.4, 0.5) is 0 Å². The smallest absolute Gasteiger partial charge is 0.249 e. The summed E-state index contributed by atoms with van der Waals surface area (Å²) in [5.74, 6) is -0.693. The maximum atomic E-state index is 13.1. The Labute approximate surface area is 405 Å². The number of ether oxygens (including phenoxy) is 2. The molecule has 1 saturated heterocycles. The minimum absolute atomic E-state index is 0.265. The molecule has 0 aromatic heterocycles. The van der Waals surface area contributed by atoms with E-state index in [-0.39, 0.29) is 6.42 Å². The number of hydrogen-bond acceptors (Lipinski definition) is 10. The van der Waals surface area contributed by atoms with Gasteiger partial charge in [0.2, 0.25) is 5.91 Å². The summed E-state index contributed by atoms with van der Waals surface area (Å²) in [6.45, 7) is 3.46. The third-order valence-corrected chi connectivity index (χ3v) is 14.2. The summed E-state index contributed by atoms with van der Waals surface area (Å²) in [6, 6.07) is -1.16. The van der Waals surface area contributed by atoms with Crippen LogP contribution in [-0.2, 0) is 14.3 Å². The van der Waals surface area contributed by atoms with Gasteiger partial charge in [-0.3, -0.25) is 4.79 Å². The van der Waals surface area contributed by atoms with Crippen LogP contribution in [-0.4, -0.2) is 110 Å². The van der Waals surface area contributed by atoms with Crippen LogP contribution >= 0.6 is 0 Å². The summed E-state index contributed by atoms with van der Waals surface area (Å²) >= 11 is 0. The predicted molar refractivity (Wildman–Crippen MR) is 270 cm³/mol. The lowest BCUT2D eigenvalue weighted by Gasteiger charge is -2.40. The highest BCUT2D eigenvalue weighted by Crippen LogP contribution is 2.24. The maximum Gasteiger partial charge on any atom is 0.249 e. The molecular formula is C55H109NO10. The molecule has 0 spiro atoms. The van der Waals surface area contributed by atoms with Crippen LogP contribution in [0.5, 0.6) is 0 Å². The summed E-state index contributed by atoms with van der Waals surface area (Å²) in [7, 11) is 0. The topological polar surface area (TPSA) is 189 Å². The third-order valence-electron chi connectivity index (χ3n) is 14.2. The fraction of sp³-hybridized carbons (Fsp3) is 0.982. The van der Waals surface area contributed by atoms with Crippen LogP contribution in [0.3, 0.4) is 0 Å². The lowest BCUT2D eigenvalue weighted by Crippen LogP contribution is -2.60. The van der Waals surface area contributed by atoms with E-state index in [0.29, 0.717) is 19.3 Å². The molecule has 9 atom stereocenters. The average Bonchev–Trinajstić information content (AvgIpc) is 3.32. The Morgan fingerprint density at radius 1 is 0.470 bits per heavy atom. The molecule has 1 amide bonds. The van der Waals surface area contributed by atoms with Crippen molar-refractivity contribution in [3.63, 3.8) is 0 Å². The SMILES string of the molecule is CCCCCCCCCCCCCCCCCCCCCCCCCCCCCCC(O)C(O)C(COC1OC(CO)C(O)C(O)C1O)NC(=O)C(O)CCCCCCCCCCCCC. The van der Waals surface area contributed by atoms with Gasteiger partial charge in [0.25, 0.3) is 0 Å². The quantitative estimate of drug-likeness (QED) is 0.0273. The molecule has 9 unspecified atom stereocenters. The summed E-state index contributed by atoms with van der Waals surface area (Å²) in [6.07, 6.45) is 38.9. The first kappa shape index (κ1) is 63.1. The summed E-state index contributed by atoms with van der Waals surface area (Å²) < 4.78 is 11.1. The molecule has 1 aliphatic rings. The predicted octanol–water partition coefficient (Wildman–Crippen LogP) is 11.4. The van der Waals surface area contributed by atoms with Crippen molar-refractivity contribution in [1.82, 2.24) is 5.32 Å². The fourth-order valence-corrected chi connectivity index (χ4v) is 9.50. The van der Waals surface area contributed by atoms with Crippen LogP contribution in [0.1, 0.15) is 277 Å². The van der Waals surface area contributed by atoms with Gasteiger partial charge in [-0.25, -0.2) is 0 Å². The standard InChI is InChI=1S/C55H109NO10/c1-3-5-7-9-11-13-15-16-17-18-19-20-21-22-23-24-25-26-27-28-29-30-31-33-34-36-38-40-42-47(58)50(60)46(45-65-55-53(63)52(62)51(61)49(44-57)66-55)56-54(64)48(59)43-41-39-37-35-32-14-12-10-8-6-4-2/h46-53,55,57-63H,3-45H2,1-2H3,(H,56,64). The van der Waals surface area contributed by atoms with E-state index in [0.717, 1.165) is 38.5 Å². The first-order valence-electron chi connectivity index (χ1n) is 28.4. The number of carbonyl (C=O) groups excluding carboxylic acids is 1. The normalized spacial score (nSPS) is 20.7. The number of amides is 1. The molecule has 394 valence electrons. The van der Waals surface area contributed by atoms with E-state index in [9.17, 15) is 40.5 Å². The lowest BCUT2D eigenvalue weighted by atomic mass is 9.98. The molecule has 0 aromatic rings. The van der Waals surface area contributed by atoms with Gasteiger partial charge in [-0.1, -0.05) is 264 Å². The van der Waals surface area contributed by atoms with Gasteiger partial charge in [0, 0.05) is 0 Å². The van der Waals surface area contributed by atoms with E-state index >= 15 is 0 Å². The number of rotatable bonds is 49. The molecule has 0 aliphatic carbocycles. The van der Waals surface area contributed by atoms with Crippen molar-refractivity contribution in [1.29, 1.82) is 0 Å². The van der Waals surface area contributed by atoms with E-state index in [4.69, 9.17) is 9.47 Å². The molecule has 0 saturated carbocycles. The Bertz CT molecular complexity index is 1040. The van der Waals surface area contributed by atoms with E-state index < -0.39 is 74.2 Å². The van der Waals surface area contributed by atoms with Crippen molar-refractivity contribution in [2.24, 2.45) is 0 Å². The molecule has 0 aromatic carbocycles. The maximum absolute atomic E-state index is 13.1. The van der Waals surface area contributed by atoms with Crippen molar-refractivity contribution in [3.8, 4) is 0 Å². The van der Waals surface area contributed by atoms with Gasteiger partial charge in [0.1, 0.15) is 36.6 Å². The van der Waals surface area contributed by atoms with Crippen molar-refractivity contribution in [2.45, 2.75) is 332 Å². The minimum Gasteiger partial charge on any atom is -0.394 e. The highest BCUT2D eigenvalue weighted by atomic mass is 16.7. The van der Waals surface area contributed by atoms with Crippen LogP contribution in [0.25, 0.3) is 0 Å². The number of hydrogen-bond donors (Lipinski definition) is 8. The highest BCUT2D eigenvalue weighted by Gasteiger charge is 2.44. The minimum atomic E-state index is -1.66. The van der Waals surface area contributed by atoms with Gasteiger partial charge in [0.15, 0.2) is 6.29 Å². The molecule has 1 aliphatic heterocycles. The van der Waals surface area contributed by atoms with Crippen molar-refractivity contribution in [3.05, 3.63) is 0 Å². The van der Waals surface area contributed by atoms with E-state index in [1.165, 1.54) is 199 Å². The van der Waals surface area contributed by atoms with Crippen molar-refractivity contribution >= 4 is 5.91 Å². The highest BCUT2D eigenvalue weighted by molar-refractivity contribution is 5.80. The second kappa shape index (κ2) is 45.3. The van der Waals surface area contributed by atoms with Crippen molar-refractivity contribution < 1.29 is 50.0 Å². The Hall–Kier alpha value is -0.890. The van der Waals surface area contributed by atoms with Gasteiger partial charge >= 0.3 is 0 Å². The zero-order chi connectivity index (χ0) is 48.3. The monoisotopic (exact) mass is 944 g/mol. The Morgan fingerprint density at radius 2 is 0.788 bits per heavy atom. The second-order valence-corrected chi connectivity index (χ2v) is 20.4. The molecule has 0 radical (unpaired) electrons. The van der Waals surface area contributed by atoms with E-state index in [1.54, 1.807) is 0 Å². The zero-order valence-electron chi connectivity index (χ0n) is 43.0. The molecule has 1 rings (SSSR count). The van der Waals surface area contributed by atoms with Gasteiger partial charge in [0.05, 0.1) is 25.4 Å². The third kappa shape index (κ3) is 33.6. The van der Waals surface area contributed by atoms with Crippen LogP contribution in [0.15, 0.2) is 0 Å². The fourth-order valence-electron chi connectivity index (χ4n) is 9.50. The summed E-state index contributed by atoms with van der Waals surface area (Å²) in [5, 5.41) is 75.9. The molecular weight excluding hydrogens is 835 g/mol. The summed E-state index contributed by atoms with van der Waals surface area (Å²) in [5.41, 5.74) is 0. The number of nitrogens with one attached hydrogen (secondary N) is 1. The number of carbonyl (C=O) groups is 1. The summed E-state index contributed by atoms with van der Waals surface area (Å²) in [4.78, 5) is 13.1. The molecule has 1 heterocycles. The molecule has 0 bridgehead atoms. The Kier molecular flexibility index (Phi) is 43.3. The molecule has 11 nitrogen and oxygen atoms in total. The van der Waals surface area contributed by atoms with E-state index in [2.05, 4.69) is 19.2 Å². The van der Waals surface area contributed by atoms with Gasteiger partial charge in [-0.2, -0.15) is 0 Å². The van der Waals surface area contributed by atoms with Crippen LogP contribution in [0.2, 0.25) is 0 Å². The van der Waals surface area contributed by atoms with Gasteiger partial charge < -0.3 is 50.5 Å². The van der Waals surface area contributed by atoms with Crippen molar-refractivity contribution in [2.75, 3.05) is 13.2 Å². The molecule has 8 N–H and O–H groups in total. The van der Waals surface area contributed by atoms with Gasteiger partial charge in [-0.15, -0.1) is 0 Å². The van der Waals surface area contributed by atoms with Gasteiger partial charge in [-0.05, 0) is 12.8 Å². The molecule has 11 heteroatoms. The van der Waals surface area contributed by atoms with Crippen LogP contribution < -0.4 is 5.32 Å². The number of aliphatic hydroxyl groups excluding tert-OH is 7. The van der Waals surface area contributed by atoms with E-state index in [1.807, 2.05) is 0 Å². The zero-order valence-corrected chi connectivity index (χ0v) is 43.0. The molecule has 1 fully saturated rings. The number of unbranched alkanes of at least 4 members (excludes halogenated alkanes) is 37. The Morgan fingerprint density at radius 3 is 1.12 bits per heavy atom. The second-order valence-electron chi connectivity index (χ2n) is 20.4.